The van der Waals surface area contributed by atoms with Crippen LogP contribution in [0.2, 0.25) is 0 Å². The van der Waals surface area contributed by atoms with Crippen LogP contribution in [-0.2, 0) is 20.7 Å². The van der Waals surface area contributed by atoms with Gasteiger partial charge in [-0.2, -0.15) is 5.26 Å². The Labute approximate surface area is 277 Å². The SMILES string of the molecule is C=CC(COCCC)CC(C)CC.CC.CCCC.CNCC#N.Cc1ccc(-c2ccc(CC=O)c(C)c2)cc1.O=CS. The van der Waals surface area contributed by atoms with Crippen LogP contribution in [-0.4, -0.2) is 38.7 Å². The van der Waals surface area contributed by atoms with Gasteiger partial charge in [-0.05, 0) is 61.9 Å². The molecule has 2 aromatic carbocycles. The Morgan fingerprint density at radius 3 is 1.89 bits per heavy atom. The van der Waals surface area contributed by atoms with Crippen LogP contribution in [0.5, 0.6) is 0 Å². The molecule has 0 bridgehead atoms. The molecule has 0 aliphatic rings. The predicted octanol–water partition coefficient (Wildman–Crippen LogP) is 10.0. The van der Waals surface area contributed by atoms with Gasteiger partial charge in [0.25, 0.3) is 0 Å². The molecular weight excluding hydrogens is 564 g/mol. The summed E-state index contributed by atoms with van der Waals surface area (Å²) in [5, 5.41) is 10.4. The van der Waals surface area contributed by atoms with E-state index in [0.717, 1.165) is 37.4 Å². The van der Waals surface area contributed by atoms with E-state index < -0.39 is 0 Å². The molecule has 0 saturated carbocycles. The third-order valence-corrected chi connectivity index (χ3v) is 6.20. The fourth-order valence-corrected chi connectivity index (χ4v) is 3.31. The molecule has 1 N–H and O–H groups in total. The average Bonchev–Trinajstić information content (AvgIpc) is 3.04. The van der Waals surface area contributed by atoms with Gasteiger partial charge in [0, 0.05) is 18.9 Å². The van der Waals surface area contributed by atoms with Gasteiger partial charge in [-0.25, -0.2) is 0 Å². The number of hydrogen-bond donors (Lipinski definition) is 2. The standard InChI is InChI=1S/C16H16O.C12H24O.C4H10.C3H6N2.C2H6.CH2OS/c1-12-3-5-15(6-4-12)16-8-7-14(9-10-17)13(2)11-16;1-5-8-13-10-12(7-3)9-11(4)6-2;1-3-4-2;1-5-3-2-4;1-2;2-1-3/h3-8,10-11H,9H2,1-2H3;7,11-12H,3,5-6,8-10H2,1-2,4H3;3-4H2,1-2H3;5H,3H2,1H3;1-2H3;1H,(H,2,3). The molecule has 0 saturated heterocycles. The largest absolute Gasteiger partial charge is 0.381 e. The summed E-state index contributed by atoms with van der Waals surface area (Å²) in [5.74, 6) is 1.33. The Bertz CT molecular complexity index is 954. The van der Waals surface area contributed by atoms with Gasteiger partial charge in [0.05, 0.1) is 19.2 Å². The highest BCUT2D eigenvalue weighted by molar-refractivity contribution is 7.94. The molecule has 2 atom stereocenters. The maximum atomic E-state index is 10.5. The molecular formula is C38H64N2O3S. The van der Waals surface area contributed by atoms with Crippen molar-refractivity contribution in [2.24, 2.45) is 11.8 Å². The number of benzene rings is 2. The molecule has 0 amide bonds. The van der Waals surface area contributed by atoms with Gasteiger partial charge in [0.2, 0.25) is 0 Å². The van der Waals surface area contributed by atoms with Crippen molar-refractivity contribution < 1.29 is 14.3 Å². The van der Waals surface area contributed by atoms with E-state index in [0.29, 0.717) is 24.5 Å². The van der Waals surface area contributed by atoms with E-state index in [9.17, 15) is 4.79 Å². The van der Waals surface area contributed by atoms with Crippen LogP contribution in [0.15, 0.2) is 55.1 Å². The third-order valence-electron chi connectivity index (χ3n) is 6.20. The summed E-state index contributed by atoms with van der Waals surface area (Å²) >= 11 is 3.11. The number of carbonyl (C=O) groups excluding carboxylic acids is 2. The van der Waals surface area contributed by atoms with Crippen molar-refractivity contribution in [3.63, 3.8) is 0 Å². The fraction of sp³-hybridized carbons (Fsp3) is 0.553. The fourth-order valence-electron chi connectivity index (χ4n) is 3.31. The minimum absolute atomic E-state index is 0.444. The van der Waals surface area contributed by atoms with Gasteiger partial charge >= 0.3 is 0 Å². The van der Waals surface area contributed by atoms with Gasteiger partial charge in [0.1, 0.15) is 6.29 Å². The second-order valence-corrected chi connectivity index (χ2v) is 10.2. The van der Waals surface area contributed by atoms with Crippen LogP contribution in [0, 0.1) is 37.0 Å². The van der Waals surface area contributed by atoms with Crippen molar-refractivity contribution in [2.45, 2.75) is 101 Å². The van der Waals surface area contributed by atoms with E-state index in [2.05, 4.69) is 109 Å². The lowest BCUT2D eigenvalue weighted by Gasteiger charge is -2.16. The van der Waals surface area contributed by atoms with E-state index in [1.165, 1.54) is 47.9 Å². The van der Waals surface area contributed by atoms with Crippen LogP contribution in [0.25, 0.3) is 11.1 Å². The normalized spacial score (nSPS) is 10.3. The molecule has 6 heteroatoms. The number of hydrogen-bond acceptors (Lipinski definition) is 5. The molecule has 2 unspecified atom stereocenters. The monoisotopic (exact) mass is 628 g/mol. The molecule has 0 aromatic heterocycles. The number of carbonyl (C=O) groups is 2. The first-order chi connectivity index (χ1) is 21.2. The summed E-state index contributed by atoms with van der Waals surface area (Å²) in [6.07, 6.45) is 9.69. The topological polar surface area (TPSA) is 79.2 Å². The lowest BCUT2D eigenvalue weighted by atomic mass is 9.95. The first kappa shape index (κ1) is 48.2. The number of nitriles is 1. The molecule has 2 rings (SSSR count). The van der Waals surface area contributed by atoms with Gasteiger partial charge < -0.3 is 14.8 Å². The van der Waals surface area contributed by atoms with Crippen molar-refractivity contribution in [3.05, 3.63) is 71.8 Å². The number of thiol groups is 1. The van der Waals surface area contributed by atoms with Crippen LogP contribution in [0.1, 0.15) is 97.3 Å². The zero-order valence-corrected chi connectivity index (χ0v) is 30.5. The van der Waals surface area contributed by atoms with Crippen molar-refractivity contribution >= 4 is 24.5 Å². The van der Waals surface area contributed by atoms with Crippen LogP contribution >= 0.6 is 12.6 Å². The maximum Gasteiger partial charge on any atom is 0.173 e. The second-order valence-electron chi connectivity index (χ2n) is 9.99. The van der Waals surface area contributed by atoms with Gasteiger partial charge in [-0.3, -0.25) is 4.79 Å². The van der Waals surface area contributed by atoms with E-state index in [1.54, 1.807) is 7.05 Å². The van der Waals surface area contributed by atoms with Crippen molar-refractivity contribution in [2.75, 3.05) is 26.8 Å². The number of aldehydes is 1. The number of aryl methyl sites for hydroxylation is 2. The quantitative estimate of drug-likeness (QED) is 0.0759. The molecule has 5 nitrogen and oxygen atoms in total. The predicted molar refractivity (Wildman–Crippen MR) is 197 cm³/mol. The maximum absolute atomic E-state index is 10.5. The zero-order valence-electron chi connectivity index (χ0n) is 29.6. The molecule has 44 heavy (non-hydrogen) atoms. The Balaban J connectivity index is -0.000000261. The summed E-state index contributed by atoms with van der Waals surface area (Å²) < 4.78 is 5.51. The molecule has 0 heterocycles. The second kappa shape index (κ2) is 38.3. The van der Waals surface area contributed by atoms with Gasteiger partial charge in [0.15, 0.2) is 5.62 Å². The summed E-state index contributed by atoms with van der Waals surface area (Å²) in [5.41, 5.74) is 6.42. The number of rotatable bonds is 13. The minimum atomic E-state index is 0.444. The summed E-state index contributed by atoms with van der Waals surface area (Å²) in [6.45, 7) is 25.2. The Kier molecular flexibility index (Phi) is 42.0. The highest BCUT2D eigenvalue weighted by atomic mass is 32.1. The zero-order chi connectivity index (χ0) is 34.6. The minimum Gasteiger partial charge on any atom is -0.381 e. The molecule has 0 radical (unpaired) electrons. The van der Waals surface area contributed by atoms with Crippen molar-refractivity contribution in [3.8, 4) is 17.2 Å². The number of nitrogens with one attached hydrogen (secondary N) is 1. The summed E-state index contributed by atoms with van der Waals surface area (Å²) in [6, 6.07) is 16.7. The Hall–Kier alpha value is -2.72. The smallest absolute Gasteiger partial charge is 0.173 e. The van der Waals surface area contributed by atoms with Crippen LogP contribution < -0.4 is 5.32 Å². The Morgan fingerprint density at radius 1 is 0.977 bits per heavy atom. The van der Waals surface area contributed by atoms with Crippen LogP contribution in [0.4, 0.5) is 0 Å². The average molecular weight is 629 g/mol. The summed E-state index contributed by atoms with van der Waals surface area (Å²) in [7, 11) is 1.74. The highest BCUT2D eigenvalue weighted by Gasteiger charge is 2.08. The van der Waals surface area contributed by atoms with Crippen molar-refractivity contribution in [1.82, 2.24) is 5.32 Å². The van der Waals surface area contributed by atoms with E-state index >= 15 is 0 Å². The van der Waals surface area contributed by atoms with E-state index in [1.807, 2.05) is 32.1 Å². The summed E-state index contributed by atoms with van der Waals surface area (Å²) in [4.78, 5) is 19.2. The highest BCUT2D eigenvalue weighted by Crippen LogP contribution is 2.23. The number of unbranched alkanes of at least 4 members (excludes halogenated alkanes) is 1. The third kappa shape index (κ3) is 30.7. The molecule has 0 spiro atoms. The lowest BCUT2D eigenvalue weighted by molar-refractivity contribution is -0.107. The lowest BCUT2D eigenvalue weighted by Crippen LogP contribution is -2.11. The van der Waals surface area contributed by atoms with E-state index in [4.69, 9.17) is 14.8 Å². The van der Waals surface area contributed by atoms with Gasteiger partial charge in [-0.1, -0.05) is 122 Å². The first-order valence-electron chi connectivity index (χ1n) is 16.1. The van der Waals surface area contributed by atoms with Crippen molar-refractivity contribution in [1.29, 1.82) is 5.26 Å². The molecule has 250 valence electrons. The molecule has 0 fully saturated rings. The Morgan fingerprint density at radius 2 is 1.52 bits per heavy atom. The number of ether oxygens (including phenoxy) is 1. The van der Waals surface area contributed by atoms with Crippen LogP contribution in [0.3, 0.4) is 0 Å². The molecule has 0 aliphatic carbocycles. The van der Waals surface area contributed by atoms with Gasteiger partial charge in [-0.15, -0.1) is 19.2 Å². The van der Waals surface area contributed by atoms with E-state index in [-0.39, 0.29) is 0 Å². The first-order valence-corrected chi connectivity index (χ1v) is 16.6. The molecule has 0 aliphatic heterocycles. The molecule has 2 aromatic rings. The number of nitrogens with zero attached hydrogens (tertiary/aromatic N) is 1.